The molecule has 0 bridgehead atoms. The van der Waals surface area contributed by atoms with Crippen LogP contribution in [0.2, 0.25) is 0 Å². The summed E-state index contributed by atoms with van der Waals surface area (Å²) in [5.41, 5.74) is 3.76. The Morgan fingerprint density at radius 3 is 2.61 bits per heavy atom. The minimum absolute atomic E-state index is 0.445. The maximum atomic E-state index is 7.45. The second-order valence-corrected chi connectivity index (χ2v) is 7.72. The maximum Gasteiger partial charge on any atom is 0.137 e. The van der Waals surface area contributed by atoms with E-state index in [-0.39, 0.29) is 0 Å². The molecule has 28 heavy (non-hydrogen) atoms. The topological polar surface area (TPSA) is 77.8 Å². The first-order valence-corrected chi connectivity index (χ1v) is 9.77. The zero-order valence-corrected chi connectivity index (χ0v) is 16.4. The zero-order chi connectivity index (χ0) is 19.5. The molecule has 1 fully saturated rings. The fraction of sp³-hybridized carbons (Fsp3) is 0.364. The van der Waals surface area contributed by atoms with Gasteiger partial charge in [-0.15, -0.1) is 0 Å². The number of nitrogens with one attached hydrogen (secondary N) is 2. The van der Waals surface area contributed by atoms with Gasteiger partial charge >= 0.3 is 0 Å². The van der Waals surface area contributed by atoms with E-state index in [2.05, 4.69) is 45.3 Å². The van der Waals surface area contributed by atoms with Crippen molar-refractivity contribution in [1.82, 2.24) is 19.9 Å². The molecule has 6 heteroatoms. The molecule has 0 aliphatic heterocycles. The molecule has 0 atom stereocenters. The Kier molecular flexibility index (Phi) is 5.30. The molecule has 144 valence electrons. The van der Waals surface area contributed by atoms with E-state index in [4.69, 9.17) is 5.41 Å². The van der Waals surface area contributed by atoms with Gasteiger partial charge in [-0.2, -0.15) is 0 Å². The standard InChI is InChI=1S/C22H26N6/c1-28(2)19-6-4-18(5-7-19)27-22-20-10-16(3-8-21(20)25-14-26-22)17-9-15(11-23)12-24-13-17/h3,8-14,18-19,23H,4-7H2,1-2H3,(H,25,26,27)/t18-,19-. The van der Waals surface area contributed by atoms with Crippen molar-refractivity contribution in [3.8, 4) is 11.1 Å². The molecule has 2 heterocycles. The Morgan fingerprint density at radius 1 is 1.04 bits per heavy atom. The van der Waals surface area contributed by atoms with Crippen LogP contribution in [0.25, 0.3) is 22.0 Å². The van der Waals surface area contributed by atoms with Crippen LogP contribution in [-0.2, 0) is 0 Å². The van der Waals surface area contributed by atoms with Crippen molar-refractivity contribution in [2.45, 2.75) is 37.8 Å². The quantitative estimate of drug-likeness (QED) is 0.661. The first kappa shape index (κ1) is 18.5. The first-order valence-electron chi connectivity index (χ1n) is 9.77. The number of aromatic nitrogens is 3. The molecule has 1 aliphatic rings. The Labute approximate surface area is 165 Å². The molecule has 1 aromatic carbocycles. The van der Waals surface area contributed by atoms with Gasteiger partial charge in [0.25, 0.3) is 0 Å². The van der Waals surface area contributed by atoms with Crippen LogP contribution in [0.5, 0.6) is 0 Å². The molecule has 4 rings (SSSR count). The van der Waals surface area contributed by atoms with Gasteiger partial charge in [0.15, 0.2) is 0 Å². The summed E-state index contributed by atoms with van der Waals surface area (Å²) in [6, 6.07) is 9.29. The van der Waals surface area contributed by atoms with Crippen LogP contribution >= 0.6 is 0 Å². The highest BCUT2D eigenvalue weighted by Gasteiger charge is 2.23. The minimum atomic E-state index is 0.445. The fourth-order valence-corrected chi connectivity index (χ4v) is 3.98. The van der Waals surface area contributed by atoms with E-state index in [0.29, 0.717) is 12.1 Å². The van der Waals surface area contributed by atoms with Gasteiger partial charge in [-0.3, -0.25) is 4.98 Å². The summed E-state index contributed by atoms with van der Waals surface area (Å²) < 4.78 is 0. The molecule has 0 radical (unpaired) electrons. The van der Waals surface area contributed by atoms with Gasteiger partial charge in [0.05, 0.1) is 5.52 Å². The molecule has 0 saturated heterocycles. The van der Waals surface area contributed by atoms with E-state index in [1.807, 2.05) is 24.4 Å². The first-order chi connectivity index (χ1) is 13.6. The van der Waals surface area contributed by atoms with Crippen LogP contribution in [0, 0.1) is 5.41 Å². The molecule has 1 saturated carbocycles. The van der Waals surface area contributed by atoms with Gasteiger partial charge in [0.1, 0.15) is 12.1 Å². The average molecular weight is 374 g/mol. The van der Waals surface area contributed by atoms with Crippen LogP contribution in [0.15, 0.2) is 43.0 Å². The van der Waals surface area contributed by atoms with E-state index >= 15 is 0 Å². The van der Waals surface area contributed by atoms with Gasteiger partial charge in [0, 0.05) is 47.2 Å². The molecule has 6 nitrogen and oxygen atoms in total. The molecule has 3 aromatic rings. The molecule has 0 spiro atoms. The summed E-state index contributed by atoms with van der Waals surface area (Å²) in [6.07, 6.45) is 11.2. The van der Waals surface area contributed by atoms with Crippen molar-refractivity contribution in [3.05, 3.63) is 48.5 Å². The lowest BCUT2D eigenvalue weighted by Gasteiger charge is -2.33. The summed E-state index contributed by atoms with van der Waals surface area (Å²) >= 11 is 0. The molecule has 2 N–H and O–H groups in total. The lowest BCUT2D eigenvalue weighted by molar-refractivity contribution is 0.221. The monoisotopic (exact) mass is 374 g/mol. The highest BCUT2D eigenvalue weighted by Crippen LogP contribution is 2.29. The van der Waals surface area contributed by atoms with Crippen molar-refractivity contribution in [3.63, 3.8) is 0 Å². The van der Waals surface area contributed by atoms with Gasteiger partial charge in [-0.1, -0.05) is 6.07 Å². The second kappa shape index (κ2) is 8.02. The van der Waals surface area contributed by atoms with Gasteiger partial charge in [0.2, 0.25) is 0 Å². The van der Waals surface area contributed by atoms with E-state index < -0.39 is 0 Å². The van der Waals surface area contributed by atoms with Crippen molar-refractivity contribution >= 4 is 22.9 Å². The van der Waals surface area contributed by atoms with E-state index in [9.17, 15) is 0 Å². The lowest BCUT2D eigenvalue weighted by atomic mass is 9.90. The largest absolute Gasteiger partial charge is 0.367 e. The Balaban J connectivity index is 1.61. The number of rotatable bonds is 5. The SMILES string of the molecule is CN(C)[C@H]1CC[C@H](Nc2ncnc3ccc(-c4cncc(C=N)c4)cc23)CC1. The number of benzene rings is 1. The highest BCUT2D eigenvalue weighted by molar-refractivity contribution is 5.93. The van der Waals surface area contributed by atoms with Gasteiger partial charge in [-0.05, 0) is 63.5 Å². The number of hydrogen-bond acceptors (Lipinski definition) is 6. The van der Waals surface area contributed by atoms with Crippen LogP contribution in [0.4, 0.5) is 5.82 Å². The zero-order valence-electron chi connectivity index (χ0n) is 16.4. The second-order valence-electron chi connectivity index (χ2n) is 7.72. The highest BCUT2D eigenvalue weighted by atomic mass is 15.1. The summed E-state index contributed by atoms with van der Waals surface area (Å²) in [4.78, 5) is 15.5. The Bertz CT molecular complexity index is 976. The minimum Gasteiger partial charge on any atom is -0.367 e. The van der Waals surface area contributed by atoms with E-state index in [1.54, 1.807) is 12.5 Å². The van der Waals surface area contributed by atoms with Crippen LogP contribution in [-0.4, -0.2) is 52.2 Å². The van der Waals surface area contributed by atoms with Crippen molar-refractivity contribution < 1.29 is 0 Å². The number of nitrogens with zero attached hydrogens (tertiary/aromatic N) is 4. The van der Waals surface area contributed by atoms with Crippen LogP contribution in [0.1, 0.15) is 31.2 Å². The van der Waals surface area contributed by atoms with E-state index in [1.165, 1.54) is 19.1 Å². The van der Waals surface area contributed by atoms with Crippen LogP contribution < -0.4 is 5.32 Å². The molecule has 0 unspecified atom stereocenters. The molecule has 2 aromatic heterocycles. The smallest absolute Gasteiger partial charge is 0.137 e. The fourth-order valence-electron chi connectivity index (χ4n) is 3.98. The number of pyridine rings is 1. The van der Waals surface area contributed by atoms with Crippen molar-refractivity contribution in [2.24, 2.45) is 0 Å². The molecular formula is C22H26N6. The molecule has 0 amide bonds. The maximum absolute atomic E-state index is 7.45. The Morgan fingerprint density at radius 2 is 1.86 bits per heavy atom. The number of anilines is 1. The lowest BCUT2D eigenvalue weighted by Crippen LogP contribution is -2.36. The molecular weight excluding hydrogens is 348 g/mol. The van der Waals surface area contributed by atoms with Gasteiger partial charge in [-0.25, -0.2) is 9.97 Å². The summed E-state index contributed by atoms with van der Waals surface area (Å²) in [7, 11) is 4.33. The summed E-state index contributed by atoms with van der Waals surface area (Å²) in [5.74, 6) is 0.899. The summed E-state index contributed by atoms with van der Waals surface area (Å²) in [5, 5.41) is 12.1. The number of hydrogen-bond donors (Lipinski definition) is 2. The molecule has 1 aliphatic carbocycles. The normalized spacial score (nSPS) is 19.7. The van der Waals surface area contributed by atoms with Crippen LogP contribution in [0.3, 0.4) is 0 Å². The average Bonchev–Trinajstić information content (AvgIpc) is 2.74. The summed E-state index contributed by atoms with van der Waals surface area (Å²) in [6.45, 7) is 0. The van der Waals surface area contributed by atoms with Crippen molar-refractivity contribution in [1.29, 1.82) is 5.41 Å². The predicted molar refractivity (Wildman–Crippen MR) is 114 cm³/mol. The number of fused-ring (bicyclic) bond motifs is 1. The Hall–Kier alpha value is -2.86. The third-order valence-corrected chi connectivity index (χ3v) is 5.66. The third kappa shape index (κ3) is 3.87. The predicted octanol–water partition coefficient (Wildman–Crippen LogP) is 3.97. The van der Waals surface area contributed by atoms with Gasteiger partial charge < -0.3 is 15.6 Å². The third-order valence-electron chi connectivity index (χ3n) is 5.66. The van der Waals surface area contributed by atoms with Crippen molar-refractivity contribution in [2.75, 3.05) is 19.4 Å². The van der Waals surface area contributed by atoms with E-state index in [0.717, 1.165) is 46.3 Å².